The van der Waals surface area contributed by atoms with Gasteiger partial charge in [-0.1, -0.05) is 17.7 Å². The minimum Gasteiger partial charge on any atom is -0.468 e. The van der Waals surface area contributed by atoms with Crippen molar-refractivity contribution in [2.45, 2.75) is 38.2 Å². The van der Waals surface area contributed by atoms with Crippen LogP contribution < -0.4 is 0 Å². The number of ether oxygens (including phenoxy) is 2. The highest BCUT2D eigenvalue weighted by Crippen LogP contribution is 2.46. The third-order valence-corrected chi connectivity index (χ3v) is 4.98. The Labute approximate surface area is 123 Å². The predicted molar refractivity (Wildman–Crippen MR) is 74.9 cm³/mol. The van der Waals surface area contributed by atoms with Crippen LogP contribution in [0.2, 0.25) is 5.15 Å². The van der Waals surface area contributed by atoms with Gasteiger partial charge in [-0.2, -0.15) is 0 Å². The fourth-order valence-corrected chi connectivity index (χ4v) is 3.71. The van der Waals surface area contributed by atoms with Crippen molar-refractivity contribution in [1.29, 1.82) is 0 Å². The van der Waals surface area contributed by atoms with E-state index in [0.29, 0.717) is 23.4 Å². The van der Waals surface area contributed by atoms with Gasteiger partial charge in [0.1, 0.15) is 10.6 Å². The largest absolute Gasteiger partial charge is 0.468 e. The van der Waals surface area contributed by atoms with Crippen molar-refractivity contribution >= 4 is 17.6 Å². The Morgan fingerprint density at radius 1 is 1.60 bits per heavy atom. The van der Waals surface area contributed by atoms with E-state index >= 15 is 0 Å². The van der Waals surface area contributed by atoms with E-state index in [9.17, 15) is 4.79 Å². The molecule has 0 amide bonds. The highest BCUT2D eigenvalue weighted by molar-refractivity contribution is 6.30. The topological polar surface area (TPSA) is 48.4 Å². The van der Waals surface area contributed by atoms with Crippen molar-refractivity contribution in [3.05, 3.63) is 28.0 Å². The average molecular weight is 296 g/mol. The molecule has 1 aromatic rings. The number of aryl methyl sites for hydroxylation is 1. The SMILES string of the molecule is COC(=O)[C@@]1(C)c2nc(Cl)c(C)cc2C[C@@H]2CCO[C@@H]21. The second-order valence-corrected chi connectivity index (χ2v) is 6.20. The zero-order chi connectivity index (χ0) is 14.5. The first-order chi connectivity index (χ1) is 9.48. The van der Waals surface area contributed by atoms with Crippen LogP contribution in [0.15, 0.2) is 6.07 Å². The Bertz CT molecular complexity index is 574. The molecule has 0 unspecified atom stereocenters. The Morgan fingerprint density at radius 3 is 3.05 bits per heavy atom. The molecule has 2 aliphatic rings. The van der Waals surface area contributed by atoms with Gasteiger partial charge in [0.15, 0.2) is 0 Å². The molecular weight excluding hydrogens is 278 g/mol. The van der Waals surface area contributed by atoms with Crippen LogP contribution in [-0.2, 0) is 26.1 Å². The number of methoxy groups -OCH3 is 1. The molecule has 108 valence electrons. The van der Waals surface area contributed by atoms with Gasteiger partial charge in [-0.15, -0.1) is 0 Å². The summed E-state index contributed by atoms with van der Waals surface area (Å²) in [5.74, 6) is 0.0387. The highest BCUT2D eigenvalue weighted by atomic mass is 35.5. The fraction of sp³-hybridized carbons (Fsp3) is 0.600. The maximum Gasteiger partial charge on any atom is 0.320 e. The number of esters is 1. The van der Waals surface area contributed by atoms with Crippen molar-refractivity contribution in [3.8, 4) is 0 Å². The molecule has 0 N–H and O–H groups in total. The van der Waals surface area contributed by atoms with Crippen LogP contribution in [0.25, 0.3) is 0 Å². The monoisotopic (exact) mass is 295 g/mol. The molecule has 1 aliphatic heterocycles. The normalized spacial score (nSPS) is 31.6. The lowest BCUT2D eigenvalue weighted by Gasteiger charge is -2.40. The molecule has 1 aromatic heterocycles. The molecule has 0 aromatic carbocycles. The molecule has 3 atom stereocenters. The first kappa shape index (κ1) is 13.8. The Hall–Kier alpha value is -1.13. The van der Waals surface area contributed by atoms with Crippen LogP contribution in [0.3, 0.4) is 0 Å². The van der Waals surface area contributed by atoms with E-state index in [-0.39, 0.29) is 12.1 Å². The molecule has 20 heavy (non-hydrogen) atoms. The summed E-state index contributed by atoms with van der Waals surface area (Å²) >= 11 is 6.16. The Kier molecular flexibility index (Phi) is 3.26. The van der Waals surface area contributed by atoms with Crippen molar-refractivity contribution < 1.29 is 14.3 Å². The van der Waals surface area contributed by atoms with E-state index in [1.807, 2.05) is 19.9 Å². The average Bonchev–Trinajstić information content (AvgIpc) is 2.89. The highest BCUT2D eigenvalue weighted by Gasteiger charge is 2.55. The number of nitrogens with zero attached hydrogens (tertiary/aromatic N) is 1. The van der Waals surface area contributed by atoms with E-state index in [0.717, 1.165) is 24.0 Å². The summed E-state index contributed by atoms with van der Waals surface area (Å²) in [5, 5.41) is 0.440. The smallest absolute Gasteiger partial charge is 0.320 e. The standard InChI is InChI=1S/C15H18ClNO3/c1-8-6-10-7-9-4-5-20-12(9)15(2,14(18)19-3)11(10)17-13(8)16/h6,9,12H,4-5,7H2,1-3H3/t9-,12-,15-/m0/s1. The number of hydrogen-bond donors (Lipinski definition) is 0. The molecule has 4 nitrogen and oxygen atoms in total. The molecule has 1 aliphatic carbocycles. The molecule has 1 fully saturated rings. The lowest BCUT2D eigenvalue weighted by molar-refractivity contribution is -0.154. The van der Waals surface area contributed by atoms with Gasteiger partial charge in [0.2, 0.25) is 0 Å². The minimum atomic E-state index is -0.874. The number of rotatable bonds is 1. The molecule has 0 bridgehead atoms. The Morgan fingerprint density at radius 2 is 2.35 bits per heavy atom. The number of fused-ring (bicyclic) bond motifs is 2. The first-order valence-electron chi connectivity index (χ1n) is 6.85. The van der Waals surface area contributed by atoms with Crippen molar-refractivity contribution in [2.24, 2.45) is 5.92 Å². The number of halogens is 1. The molecule has 0 spiro atoms. The molecule has 0 radical (unpaired) electrons. The van der Waals surface area contributed by atoms with Gasteiger partial charge in [0, 0.05) is 6.61 Å². The Balaban J connectivity index is 2.21. The maximum absolute atomic E-state index is 12.4. The fourth-order valence-electron chi connectivity index (χ4n) is 3.58. The zero-order valence-corrected chi connectivity index (χ0v) is 12.7. The number of hydrogen-bond acceptors (Lipinski definition) is 4. The van der Waals surface area contributed by atoms with Gasteiger partial charge in [0.05, 0.1) is 18.9 Å². The summed E-state index contributed by atoms with van der Waals surface area (Å²) in [4.78, 5) is 16.9. The summed E-state index contributed by atoms with van der Waals surface area (Å²) < 4.78 is 10.9. The van der Waals surface area contributed by atoms with Crippen LogP contribution in [0.4, 0.5) is 0 Å². The van der Waals surface area contributed by atoms with Crippen LogP contribution in [0.5, 0.6) is 0 Å². The molecule has 3 rings (SSSR count). The third kappa shape index (κ3) is 1.78. The minimum absolute atomic E-state index is 0.172. The number of aromatic nitrogens is 1. The van der Waals surface area contributed by atoms with E-state index < -0.39 is 5.41 Å². The second-order valence-electron chi connectivity index (χ2n) is 5.84. The lowest BCUT2D eigenvalue weighted by Crippen LogP contribution is -2.52. The molecule has 5 heteroatoms. The van der Waals surface area contributed by atoms with Crippen LogP contribution in [-0.4, -0.2) is 30.8 Å². The quantitative estimate of drug-likeness (QED) is 0.590. The maximum atomic E-state index is 12.4. The van der Waals surface area contributed by atoms with Crippen molar-refractivity contribution in [1.82, 2.24) is 4.98 Å². The second kappa shape index (κ2) is 4.71. The van der Waals surface area contributed by atoms with Crippen LogP contribution in [0, 0.1) is 12.8 Å². The van der Waals surface area contributed by atoms with Gasteiger partial charge >= 0.3 is 5.97 Å². The third-order valence-electron chi connectivity index (χ3n) is 4.60. The first-order valence-corrected chi connectivity index (χ1v) is 7.22. The summed E-state index contributed by atoms with van der Waals surface area (Å²) in [6, 6.07) is 2.04. The van der Waals surface area contributed by atoms with Gasteiger partial charge < -0.3 is 9.47 Å². The van der Waals surface area contributed by atoms with Gasteiger partial charge in [-0.25, -0.2) is 4.98 Å². The van der Waals surface area contributed by atoms with Crippen LogP contribution in [0.1, 0.15) is 30.2 Å². The van der Waals surface area contributed by atoms with Gasteiger partial charge in [-0.05, 0) is 43.7 Å². The number of pyridine rings is 1. The van der Waals surface area contributed by atoms with Crippen molar-refractivity contribution in [3.63, 3.8) is 0 Å². The lowest BCUT2D eigenvalue weighted by atomic mass is 9.67. The molecule has 2 heterocycles. The summed E-state index contributed by atoms with van der Waals surface area (Å²) in [7, 11) is 1.40. The summed E-state index contributed by atoms with van der Waals surface area (Å²) in [5.41, 5.74) is 1.87. The molecule has 0 saturated carbocycles. The van der Waals surface area contributed by atoms with E-state index in [2.05, 4.69) is 4.98 Å². The molecule has 1 saturated heterocycles. The number of carbonyl (C=O) groups excluding carboxylic acids is 1. The predicted octanol–water partition coefficient (Wildman–Crippen LogP) is 2.44. The van der Waals surface area contributed by atoms with Gasteiger partial charge in [-0.3, -0.25) is 4.79 Å². The van der Waals surface area contributed by atoms with Crippen LogP contribution >= 0.6 is 11.6 Å². The molecular formula is C15H18ClNO3. The zero-order valence-electron chi connectivity index (χ0n) is 11.9. The summed E-state index contributed by atoms with van der Waals surface area (Å²) in [6.07, 6.45) is 1.68. The summed E-state index contributed by atoms with van der Waals surface area (Å²) in [6.45, 7) is 4.48. The van der Waals surface area contributed by atoms with E-state index in [1.165, 1.54) is 7.11 Å². The number of carbonyl (C=O) groups is 1. The van der Waals surface area contributed by atoms with E-state index in [4.69, 9.17) is 21.1 Å². The van der Waals surface area contributed by atoms with Gasteiger partial charge in [0.25, 0.3) is 0 Å². The van der Waals surface area contributed by atoms with Crippen molar-refractivity contribution in [2.75, 3.05) is 13.7 Å². The van der Waals surface area contributed by atoms with E-state index in [1.54, 1.807) is 0 Å².